The molecule has 0 aromatic heterocycles. The van der Waals surface area contributed by atoms with E-state index in [1.54, 1.807) is 7.11 Å². The zero-order chi connectivity index (χ0) is 13.8. The Morgan fingerprint density at radius 1 is 1.11 bits per heavy atom. The molecular weight excluding hydrogens is 238 g/mol. The van der Waals surface area contributed by atoms with E-state index in [1.165, 1.54) is 0 Å². The second-order valence-corrected chi connectivity index (χ2v) is 4.52. The average Bonchev–Trinajstić information content (AvgIpc) is 2.46. The predicted molar refractivity (Wildman–Crippen MR) is 78.2 cm³/mol. The lowest BCUT2D eigenvalue weighted by Crippen LogP contribution is -2.13. The highest BCUT2D eigenvalue weighted by Crippen LogP contribution is 2.34. The third-order valence-corrected chi connectivity index (χ3v) is 3.21. The van der Waals surface area contributed by atoms with Crippen molar-refractivity contribution in [3.8, 4) is 5.75 Å². The van der Waals surface area contributed by atoms with Gasteiger partial charge in [-0.05, 0) is 25.1 Å². The maximum Gasteiger partial charge on any atom is 0.142 e. The number of ether oxygens (including phenoxy) is 1. The van der Waals surface area contributed by atoms with Gasteiger partial charge >= 0.3 is 0 Å². The van der Waals surface area contributed by atoms with Crippen molar-refractivity contribution < 1.29 is 9.84 Å². The molecule has 0 aliphatic rings. The number of para-hydroxylation sites is 2. The number of aliphatic hydroxyl groups is 1. The summed E-state index contributed by atoms with van der Waals surface area (Å²) in [7, 11) is 3.64. The lowest BCUT2D eigenvalue weighted by molar-refractivity contribution is 0.282. The van der Waals surface area contributed by atoms with Gasteiger partial charge in [0.15, 0.2) is 0 Å². The first kappa shape index (κ1) is 13.4. The smallest absolute Gasteiger partial charge is 0.142 e. The summed E-state index contributed by atoms with van der Waals surface area (Å²) < 4.78 is 5.38. The van der Waals surface area contributed by atoms with Crippen LogP contribution in [-0.2, 0) is 6.61 Å². The highest BCUT2D eigenvalue weighted by atomic mass is 16.5. The first-order valence-electron chi connectivity index (χ1n) is 6.24. The Morgan fingerprint density at radius 3 is 2.53 bits per heavy atom. The van der Waals surface area contributed by atoms with Crippen LogP contribution >= 0.6 is 0 Å². The van der Waals surface area contributed by atoms with Gasteiger partial charge in [-0.2, -0.15) is 0 Å². The van der Waals surface area contributed by atoms with Crippen LogP contribution in [0.3, 0.4) is 0 Å². The Labute approximate surface area is 114 Å². The van der Waals surface area contributed by atoms with Gasteiger partial charge in [0.05, 0.1) is 19.4 Å². The van der Waals surface area contributed by atoms with Crippen molar-refractivity contribution in [3.63, 3.8) is 0 Å². The van der Waals surface area contributed by atoms with Crippen molar-refractivity contribution in [2.24, 2.45) is 0 Å². The molecule has 0 aliphatic carbocycles. The molecular formula is C16H19NO2. The van der Waals surface area contributed by atoms with Crippen molar-refractivity contribution in [3.05, 3.63) is 53.6 Å². The zero-order valence-corrected chi connectivity index (χ0v) is 11.6. The molecule has 0 unspecified atom stereocenters. The van der Waals surface area contributed by atoms with E-state index >= 15 is 0 Å². The average molecular weight is 257 g/mol. The number of rotatable bonds is 4. The minimum atomic E-state index is 0.0243. The molecule has 3 heteroatoms. The first-order chi connectivity index (χ1) is 9.17. The lowest BCUT2D eigenvalue weighted by atomic mass is 10.1. The van der Waals surface area contributed by atoms with Gasteiger partial charge < -0.3 is 14.7 Å². The third-order valence-electron chi connectivity index (χ3n) is 3.21. The van der Waals surface area contributed by atoms with Gasteiger partial charge in [-0.3, -0.25) is 0 Å². The molecule has 1 N–H and O–H groups in total. The van der Waals surface area contributed by atoms with Crippen molar-refractivity contribution in [2.45, 2.75) is 13.5 Å². The summed E-state index contributed by atoms with van der Waals surface area (Å²) in [6, 6.07) is 13.9. The molecule has 0 amide bonds. The summed E-state index contributed by atoms with van der Waals surface area (Å²) in [6.07, 6.45) is 0. The molecule has 0 atom stereocenters. The second kappa shape index (κ2) is 5.76. The number of nitrogens with zero attached hydrogens (tertiary/aromatic N) is 1. The minimum Gasteiger partial charge on any atom is -0.495 e. The van der Waals surface area contributed by atoms with Gasteiger partial charge in [0.2, 0.25) is 0 Å². The summed E-state index contributed by atoms with van der Waals surface area (Å²) >= 11 is 0. The Bertz CT molecular complexity index is 566. The maximum absolute atomic E-state index is 9.51. The monoisotopic (exact) mass is 257 g/mol. The van der Waals surface area contributed by atoms with E-state index < -0.39 is 0 Å². The highest BCUT2D eigenvalue weighted by Gasteiger charge is 2.12. The number of aliphatic hydroxyl groups excluding tert-OH is 1. The van der Waals surface area contributed by atoms with E-state index in [1.807, 2.05) is 61.3 Å². The molecule has 0 aliphatic heterocycles. The number of benzene rings is 2. The molecule has 0 bridgehead atoms. The van der Waals surface area contributed by atoms with E-state index in [4.69, 9.17) is 4.74 Å². The van der Waals surface area contributed by atoms with Gasteiger partial charge in [-0.15, -0.1) is 0 Å². The first-order valence-corrected chi connectivity index (χ1v) is 6.24. The number of methoxy groups -OCH3 is 1. The largest absolute Gasteiger partial charge is 0.495 e. The highest BCUT2D eigenvalue weighted by molar-refractivity contribution is 5.71. The van der Waals surface area contributed by atoms with Crippen molar-refractivity contribution in [1.29, 1.82) is 0 Å². The number of hydrogen-bond donors (Lipinski definition) is 1. The van der Waals surface area contributed by atoms with E-state index in [0.29, 0.717) is 0 Å². The predicted octanol–water partition coefficient (Wildman–Crippen LogP) is 3.26. The molecule has 2 aromatic carbocycles. The van der Waals surface area contributed by atoms with Gasteiger partial charge in [0.25, 0.3) is 0 Å². The number of aryl methyl sites for hydroxylation is 1. The summed E-state index contributed by atoms with van der Waals surface area (Å²) in [5.41, 5.74) is 4.01. The van der Waals surface area contributed by atoms with Gasteiger partial charge in [-0.25, -0.2) is 0 Å². The Kier molecular flexibility index (Phi) is 4.07. The van der Waals surface area contributed by atoms with E-state index in [-0.39, 0.29) is 6.61 Å². The molecule has 2 rings (SSSR count). The van der Waals surface area contributed by atoms with Crippen LogP contribution in [0.25, 0.3) is 0 Å². The van der Waals surface area contributed by atoms with Crippen LogP contribution in [0.1, 0.15) is 11.1 Å². The molecule has 2 aromatic rings. The molecule has 0 saturated carbocycles. The third kappa shape index (κ3) is 2.71. The van der Waals surface area contributed by atoms with Crippen molar-refractivity contribution >= 4 is 11.4 Å². The van der Waals surface area contributed by atoms with E-state index in [2.05, 4.69) is 0 Å². The summed E-state index contributed by atoms with van der Waals surface area (Å²) in [4.78, 5) is 2.03. The number of hydrogen-bond acceptors (Lipinski definition) is 3. The molecule has 3 nitrogen and oxygen atoms in total. The molecule has 0 fully saturated rings. The fraction of sp³-hybridized carbons (Fsp3) is 0.250. The van der Waals surface area contributed by atoms with Gasteiger partial charge in [0, 0.05) is 18.3 Å². The van der Waals surface area contributed by atoms with E-state index in [9.17, 15) is 5.11 Å². The fourth-order valence-electron chi connectivity index (χ4n) is 2.20. The van der Waals surface area contributed by atoms with Gasteiger partial charge in [-0.1, -0.05) is 29.8 Å². The summed E-state index contributed by atoms with van der Waals surface area (Å²) in [5, 5.41) is 9.51. The van der Waals surface area contributed by atoms with Crippen LogP contribution in [0.5, 0.6) is 5.75 Å². The molecule has 0 spiro atoms. The number of anilines is 2. The Balaban J connectivity index is 2.46. The van der Waals surface area contributed by atoms with Crippen LogP contribution in [0.4, 0.5) is 11.4 Å². The lowest BCUT2D eigenvalue weighted by Gasteiger charge is -2.24. The van der Waals surface area contributed by atoms with Crippen LogP contribution in [0.2, 0.25) is 0 Å². The van der Waals surface area contributed by atoms with Crippen molar-refractivity contribution in [2.75, 3.05) is 19.1 Å². The molecule has 0 saturated heterocycles. The Morgan fingerprint density at radius 2 is 1.84 bits per heavy atom. The topological polar surface area (TPSA) is 32.7 Å². The molecule has 0 radical (unpaired) electrons. The Hall–Kier alpha value is -2.00. The van der Waals surface area contributed by atoms with Crippen LogP contribution in [0.15, 0.2) is 42.5 Å². The molecule has 0 heterocycles. The van der Waals surface area contributed by atoms with Gasteiger partial charge in [0.1, 0.15) is 5.75 Å². The molecule has 19 heavy (non-hydrogen) atoms. The maximum atomic E-state index is 9.51. The second-order valence-electron chi connectivity index (χ2n) is 4.52. The van der Waals surface area contributed by atoms with Crippen LogP contribution in [0, 0.1) is 6.92 Å². The summed E-state index contributed by atoms with van der Waals surface area (Å²) in [6.45, 7) is 2.04. The van der Waals surface area contributed by atoms with Crippen LogP contribution in [-0.4, -0.2) is 19.3 Å². The SMILES string of the molecule is COc1ccccc1N(C)c1ccc(C)cc1CO. The zero-order valence-electron chi connectivity index (χ0n) is 11.6. The van der Waals surface area contributed by atoms with Crippen LogP contribution < -0.4 is 9.64 Å². The standard InChI is InChI=1S/C16H19NO2/c1-12-8-9-14(13(10-12)11-18)17(2)15-6-4-5-7-16(15)19-3/h4-10,18H,11H2,1-3H3. The quantitative estimate of drug-likeness (QED) is 0.912. The molecule has 100 valence electrons. The summed E-state index contributed by atoms with van der Waals surface area (Å²) in [5.74, 6) is 0.814. The normalized spacial score (nSPS) is 10.3. The van der Waals surface area contributed by atoms with E-state index in [0.717, 1.165) is 28.3 Å². The minimum absolute atomic E-state index is 0.0243. The van der Waals surface area contributed by atoms with Crippen molar-refractivity contribution in [1.82, 2.24) is 0 Å². The fourth-order valence-corrected chi connectivity index (χ4v) is 2.20.